The van der Waals surface area contributed by atoms with E-state index in [-0.39, 0.29) is 28.2 Å². The minimum Gasteiger partial charge on any atom is -0.508 e. The zero-order chi connectivity index (χ0) is 18.2. The number of alkyl halides is 3. The van der Waals surface area contributed by atoms with Gasteiger partial charge in [-0.2, -0.15) is 13.2 Å². The number of hydrogen-bond donors (Lipinski definition) is 2. The second-order valence-corrected chi connectivity index (χ2v) is 5.16. The van der Waals surface area contributed by atoms with Crippen LogP contribution >= 0.6 is 0 Å². The maximum atomic E-state index is 13.3. The van der Waals surface area contributed by atoms with Crippen LogP contribution in [0, 0.1) is 0 Å². The fourth-order valence-corrected chi connectivity index (χ4v) is 2.40. The molecule has 0 amide bonds. The molecule has 0 aliphatic carbocycles. The Balaban J connectivity index is 2.24. The topological polar surface area (TPSA) is 75.7 Å². The highest BCUT2D eigenvalue weighted by Gasteiger charge is 2.40. The minimum absolute atomic E-state index is 0.0216. The zero-order valence-corrected chi connectivity index (χ0v) is 12.8. The van der Waals surface area contributed by atoms with Crippen molar-refractivity contribution in [1.29, 1.82) is 0 Å². The number of hydrogen-bond acceptors (Lipinski definition) is 5. The summed E-state index contributed by atoms with van der Waals surface area (Å²) in [6.45, 7) is 0. The Labute approximate surface area is 139 Å². The molecule has 1 heterocycles. The fraction of sp³-hybridized carbons (Fsp3) is 0.118. The molecule has 0 spiro atoms. The molecule has 0 aliphatic rings. The lowest BCUT2D eigenvalue weighted by Crippen LogP contribution is -2.07. The van der Waals surface area contributed by atoms with Gasteiger partial charge in [-0.15, -0.1) is 0 Å². The number of phenols is 2. The normalized spacial score (nSPS) is 11.5. The number of methoxy groups -OCH3 is 1. The molecule has 0 bridgehead atoms. The van der Waals surface area contributed by atoms with Crippen molar-refractivity contribution in [1.82, 2.24) is 5.16 Å². The van der Waals surface area contributed by atoms with Gasteiger partial charge in [-0.25, -0.2) is 0 Å². The maximum Gasteiger partial charge on any atom is 0.437 e. The molecule has 0 radical (unpaired) electrons. The van der Waals surface area contributed by atoms with Gasteiger partial charge in [0.05, 0.1) is 18.2 Å². The molecule has 5 nitrogen and oxygen atoms in total. The lowest BCUT2D eigenvalue weighted by Gasteiger charge is -2.09. The Morgan fingerprint density at radius 2 is 1.72 bits per heavy atom. The van der Waals surface area contributed by atoms with Gasteiger partial charge in [0, 0.05) is 6.07 Å². The third kappa shape index (κ3) is 3.10. The molecule has 0 saturated carbocycles. The highest BCUT2D eigenvalue weighted by molar-refractivity contribution is 5.84. The van der Waals surface area contributed by atoms with E-state index in [0.29, 0.717) is 5.75 Å². The number of rotatable bonds is 3. The van der Waals surface area contributed by atoms with Crippen molar-refractivity contribution >= 4 is 0 Å². The van der Waals surface area contributed by atoms with E-state index >= 15 is 0 Å². The summed E-state index contributed by atoms with van der Waals surface area (Å²) in [6, 6.07) is 9.35. The minimum atomic E-state index is -4.75. The molecule has 8 heteroatoms. The molecule has 1 aromatic heterocycles. The Morgan fingerprint density at radius 3 is 2.28 bits per heavy atom. The van der Waals surface area contributed by atoms with E-state index < -0.39 is 17.6 Å². The maximum absolute atomic E-state index is 13.3. The molecular weight excluding hydrogens is 339 g/mol. The van der Waals surface area contributed by atoms with Crippen LogP contribution in [0.2, 0.25) is 0 Å². The van der Waals surface area contributed by atoms with Crippen LogP contribution in [-0.4, -0.2) is 22.5 Å². The van der Waals surface area contributed by atoms with Gasteiger partial charge >= 0.3 is 6.18 Å². The number of phenolic OH excluding ortho intramolecular Hbond substituents is 2. The van der Waals surface area contributed by atoms with Crippen LogP contribution < -0.4 is 4.74 Å². The first-order valence-corrected chi connectivity index (χ1v) is 7.05. The molecule has 0 saturated heterocycles. The predicted molar refractivity (Wildman–Crippen MR) is 82.3 cm³/mol. The Kier molecular flexibility index (Phi) is 4.03. The summed E-state index contributed by atoms with van der Waals surface area (Å²) in [5.74, 6) is -0.444. The predicted octanol–water partition coefficient (Wildman–Crippen LogP) is 4.45. The average molecular weight is 351 g/mol. The highest BCUT2D eigenvalue weighted by Crippen LogP contribution is 2.45. The van der Waals surface area contributed by atoms with Crippen LogP contribution in [0.5, 0.6) is 17.2 Å². The van der Waals surface area contributed by atoms with Gasteiger partial charge in [0.25, 0.3) is 0 Å². The first-order valence-electron chi connectivity index (χ1n) is 7.05. The van der Waals surface area contributed by atoms with Gasteiger partial charge in [0.15, 0.2) is 11.5 Å². The number of benzene rings is 2. The zero-order valence-electron chi connectivity index (χ0n) is 12.8. The van der Waals surface area contributed by atoms with Crippen LogP contribution in [-0.2, 0) is 6.18 Å². The Morgan fingerprint density at radius 1 is 1.04 bits per heavy atom. The molecule has 0 atom stereocenters. The van der Waals surface area contributed by atoms with Gasteiger partial charge in [0.1, 0.15) is 17.2 Å². The molecule has 3 aromatic rings. The van der Waals surface area contributed by atoms with Gasteiger partial charge < -0.3 is 19.5 Å². The van der Waals surface area contributed by atoms with E-state index in [4.69, 9.17) is 9.26 Å². The largest absolute Gasteiger partial charge is 0.508 e. The quantitative estimate of drug-likeness (QED) is 0.729. The summed E-state index contributed by atoms with van der Waals surface area (Å²) in [7, 11) is 1.44. The Hall–Kier alpha value is -3.16. The SMILES string of the molecule is COc1ccc(-c2c(C(F)(F)F)noc2-c2ccc(O)cc2O)cc1. The van der Waals surface area contributed by atoms with E-state index in [9.17, 15) is 23.4 Å². The van der Waals surface area contributed by atoms with Crippen molar-refractivity contribution in [2.45, 2.75) is 6.18 Å². The Bertz CT molecular complexity index is 901. The van der Waals surface area contributed by atoms with Crippen LogP contribution in [0.3, 0.4) is 0 Å². The average Bonchev–Trinajstić information content (AvgIpc) is 3.00. The van der Waals surface area contributed by atoms with Gasteiger partial charge in [0.2, 0.25) is 0 Å². The summed E-state index contributed by atoms with van der Waals surface area (Å²) in [6.07, 6.45) is -4.75. The van der Waals surface area contributed by atoms with Crippen molar-refractivity contribution in [3.8, 4) is 39.7 Å². The third-order valence-electron chi connectivity index (χ3n) is 3.57. The molecule has 0 aliphatic heterocycles. The van der Waals surface area contributed by atoms with Crippen molar-refractivity contribution in [2.24, 2.45) is 0 Å². The lowest BCUT2D eigenvalue weighted by atomic mass is 9.98. The molecule has 2 aromatic carbocycles. The van der Waals surface area contributed by atoms with E-state index in [0.717, 1.165) is 6.07 Å². The van der Waals surface area contributed by atoms with Crippen molar-refractivity contribution in [3.63, 3.8) is 0 Å². The van der Waals surface area contributed by atoms with E-state index in [1.807, 2.05) is 0 Å². The number of aromatic hydroxyl groups is 2. The summed E-state index contributed by atoms with van der Waals surface area (Å²) in [5, 5.41) is 22.5. The summed E-state index contributed by atoms with van der Waals surface area (Å²) < 4.78 is 49.9. The molecule has 25 heavy (non-hydrogen) atoms. The first-order chi connectivity index (χ1) is 11.8. The second kappa shape index (κ2) is 6.04. The highest BCUT2D eigenvalue weighted by atomic mass is 19.4. The summed E-state index contributed by atoms with van der Waals surface area (Å²) in [4.78, 5) is 0. The van der Waals surface area contributed by atoms with E-state index in [2.05, 4.69) is 5.16 Å². The third-order valence-corrected chi connectivity index (χ3v) is 3.57. The van der Waals surface area contributed by atoms with Crippen molar-refractivity contribution in [2.75, 3.05) is 7.11 Å². The second-order valence-electron chi connectivity index (χ2n) is 5.16. The standard InChI is InChI=1S/C17H12F3NO4/c1-24-11-5-2-9(3-6-11)14-15(25-21-16(14)17(18,19)20)12-7-4-10(22)8-13(12)23/h2-8,22-23H,1H3. The number of halogens is 3. The first kappa shape index (κ1) is 16.7. The van der Waals surface area contributed by atoms with E-state index in [1.54, 1.807) is 0 Å². The fourth-order valence-electron chi connectivity index (χ4n) is 2.40. The number of nitrogens with zero attached hydrogens (tertiary/aromatic N) is 1. The number of ether oxygens (including phenoxy) is 1. The van der Waals surface area contributed by atoms with E-state index in [1.165, 1.54) is 43.5 Å². The van der Waals surface area contributed by atoms with Crippen LogP contribution in [0.15, 0.2) is 47.0 Å². The molecule has 130 valence electrons. The van der Waals surface area contributed by atoms with Gasteiger partial charge in [-0.05, 0) is 29.8 Å². The number of aromatic nitrogens is 1. The smallest absolute Gasteiger partial charge is 0.437 e. The lowest BCUT2D eigenvalue weighted by molar-refractivity contribution is -0.142. The molecule has 0 unspecified atom stereocenters. The van der Waals surface area contributed by atoms with Gasteiger partial charge in [-0.1, -0.05) is 17.3 Å². The molecule has 0 fully saturated rings. The van der Waals surface area contributed by atoms with Crippen molar-refractivity contribution in [3.05, 3.63) is 48.2 Å². The molecule has 2 N–H and O–H groups in total. The molecular formula is C17H12F3NO4. The summed E-state index contributed by atoms with van der Waals surface area (Å²) in [5.41, 5.74) is -1.35. The van der Waals surface area contributed by atoms with Crippen LogP contribution in [0.25, 0.3) is 22.5 Å². The monoisotopic (exact) mass is 351 g/mol. The molecule has 3 rings (SSSR count). The van der Waals surface area contributed by atoms with Crippen LogP contribution in [0.4, 0.5) is 13.2 Å². The van der Waals surface area contributed by atoms with Crippen molar-refractivity contribution < 1.29 is 32.6 Å². The van der Waals surface area contributed by atoms with Crippen LogP contribution in [0.1, 0.15) is 5.69 Å². The summed E-state index contributed by atoms with van der Waals surface area (Å²) >= 11 is 0. The van der Waals surface area contributed by atoms with Gasteiger partial charge in [-0.3, -0.25) is 0 Å².